The minimum atomic E-state index is -3.74. The molecule has 0 N–H and O–H groups in total. The lowest BCUT2D eigenvalue weighted by Gasteiger charge is -2.33. The van der Waals surface area contributed by atoms with Gasteiger partial charge in [0.15, 0.2) is 0 Å². The van der Waals surface area contributed by atoms with Crippen molar-refractivity contribution < 1.29 is 34.7 Å². The van der Waals surface area contributed by atoms with Crippen LogP contribution < -0.4 is 0 Å². The summed E-state index contributed by atoms with van der Waals surface area (Å²) in [7, 11) is -5.94. The van der Waals surface area contributed by atoms with Crippen molar-refractivity contribution in [1.82, 2.24) is 4.90 Å². The molecule has 1 amide bonds. The quantitative estimate of drug-likeness (QED) is 0.506. The van der Waals surface area contributed by atoms with E-state index in [1.807, 2.05) is 30.3 Å². The normalized spacial score (nSPS) is 16.0. The number of hydrogen-bond donors (Lipinski definition) is 0. The van der Waals surface area contributed by atoms with E-state index in [2.05, 4.69) is 0 Å². The molecule has 0 heterocycles. The van der Waals surface area contributed by atoms with Gasteiger partial charge in [0, 0.05) is 13.0 Å². The van der Waals surface area contributed by atoms with Crippen molar-refractivity contribution in [2.24, 2.45) is 5.92 Å². The summed E-state index contributed by atoms with van der Waals surface area (Å²) >= 11 is 0. The molecule has 11 heteroatoms. The Labute approximate surface area is 165 Å². The monoisotopic (exact) mass is 435 g/mol. The molecule has 1 saturated carbocycles. The van der Waals surface area contributed by atoms with E-state index < -0.39 is 37.8 Å². The zero-order valence-corrected chi connectivity index (χ0v) is 17.7. The molecule has 0 spiro atoms. The predicted molar refractivity (Wildman–Crippen MR) is 101 cm³/mol. The van der Waals surface area contributed by atoms with E-state index >= 15 is 0 Å². The third-order valence-electron chi connectivity index (χ3n) is 4.64. The molecule has 1 aromatic carbocycles. The number of nitrogens with zero attached hydrogens (tertiary/aromatic N) is 1. The van der Waals surface area contributed by atoms with Gasteiger partial charge >= 0.3 is 6.09 Å². The Morgan fingerprint density at radius 3 is 1.96 bits per heavy atom. The molecule has 0 radical (unpaired) electrons. The fraction of sp³-hybridized carbons (Fsp3) is 0.588. The summed E-state index contributed by atoms with van der Waals surface area (Å²) in [5.41, 5.74) is 0.0369. The first-order valence-corrected chi connectivity index (χ1v) is 12.2. The van der Waals surface area contributed by atoms with Gasteiger partial charge in [0.05, 0.1) is 31.3 Å². The molecule has 1 aliphatic rings. The first-order chi connectivity index (χ1) is 12.9. The Balaban J connectivity index is 2.07. The summed E-state index contributed by atoms with van der Waals surface area (Å²) in [6, 6.07) is 9.16. The van der Waals surface area contributed by atoms with Crippen molar-refractivity contribution in [1.29, 1.82) is 0 Å². The molecule has 0 atom stereocenters. The van der Waals surface area contributed by atoms with E-state index in [-0.39, 0.29) is 19.8 Å². The number of benzene rings is 1. The summed E-state index contributed by atoms with van der Waals surface area (Å²) in [5, 5.41) is 0. The molecule has 0 bridgehead atoms. The number of amides is 1. The van der Waals surface area contributed by atoms with Gasteiger partial charge in [-0.1, -0.05) is 30.3 Å². The lowest BCUT2D eigenvalue weighted by molar-refractivity contribution is 0.0489. The van der Waals surface area contributed by atoms with Crippen molar-refractivity contribution in [2.45, 2.75) is 25.0 Å². The summed E-state index contributed by atoms with van der Waals surface area (Å²) in [4.78, 5) is 13.9. The van der Waals surface area contributed by atoms with Gasteiger partial charge in [0.2, 0.25) is 0 Å². The Hall–Kier alpha value is -1.69. The van der Waals surface area contributed by atoms with Crippen LogP contribution in [0.5, 0.6) is 0 Å². The zero-order chi connectivity index (χ0) is 21.0. The minimum absolute atomic E-state index is 0.0877. The molecule has 1 aliphatic carbocycles. The van der Waals surface area contributed by atoms with Gasteiger partial charge in [0.1, 0.15) is 6.61 Å². The number of carbonyl (C=O) groups is 1. The largest absolute Gasteiger partial charge is 0.445 e. The lowest BCUT2D eigenvalue weighted by Crippen LogP contribution is -2.47. The van der Waals surface area contributed by atoms with Crippen LogP contribution in [0.25, 0.3) is 0 Å². The predicted octanol–water partition coefficient (Wildman–Crippen LogP) is 1.36. The average Bonchev–Trinajstić information content (AvgIpc) is 3.39. The van der Waals surface area contributed by atoms with E-state index in [1.165, 1.54) is 11.9 Å². The van der Waals surface area contributed by atoms with E-state index in [0.29, 0.717) is 12.8 Å². The molecule has 0 aromatic heterocycles. The molecular formula is C17H25NO8S2. The van der Waals surface area contributed by atoms with Gasteiger partial charge in [-0.05, 0) is 18.4 Å². The molecule has 28 heavy (non-hydrogen) atoms. The molecule has 2 rings (SSSR count). The number of ether oxygens (including phenoxy) is 1. The standard InChI is InChI=1S/C17H25NO8S2/c1-18(16(19)24-11-14-7-5-4-6-8-14)17(9-10-17)15(12-25-27(2,20)21)13-26-28(3,22)23/h4-8,15H,9-13H2,1-3H3. The van der Waals surface area contributed by atoms with Gasteiger partial charge in [-0.25, -0.2) is 4.79 Å². The van der Waals surface area contributed by atoms with Crippen LogP contribution in [0.15, 0.2) is 30.3 Å². The summed E-state index contributed by atoms with van der Waals surface area (Å²) in [5.74, 6) is -0.661. The second-order valence-corrected chi connectivity index (χ2v) is 10.2. The van der Waals surface area contributed by atoms with Crippen LogP contribution in [0.4, 0.5) is 4.79 Å². The van der Waals surface area contributed by atoms with Crippen molar-refractivity contribution in [2.75, 3.05) is 32.8 Å². The van der Waals surface area contributed by atoms with Crippen LogP contribution >= 0.6 is 0 Å². The molecular weight excluding hydrogens is 410 g/mol. The molecule has 0 aliphatic heterocycles. The molecule has 9 nitrogen and oxygen atoms in total. The highest BCUT2D eigenvalue weighted by Crippen LogP contribution is 2.48. The topological polar surface area (TPSA) is 116 Å². The van der Waals surface area contributed by atoms with Crippen molar-refractivity contribution in [3.63, 3.8) is 0 Å². The maximum absolute atomic E-state index is 12.5. The zero-order valence-electron chi connectivity index (χ0n) is 16.0. The van der Waals surface area contributed by atoms with Gasteiger partial charge in [0.25, 0.3) is 20.2 Å². The first kappa shape index (κ1) is 22.6. The van der Waals surface area contributed by atoms with Crippen LogP contribution in [0.2, 0.25) is 0 Å². The fourth-order valence-electron chi connectivity index (χ4n) is 2.91. The summed E-state index contributed by atoms with van der Waals surface area (Å²) < 4.78 is 60.5. The molecule has 158 valence electrons. The van der Waals surface area contributed by atoms with Crippen LogP contribution in [0.1, 0.15) is 18.4 Å². The summed E-state index contributed by atoms with van der Waals surface area (Å²) in [6.45, 7) is -0.514. The highest BCUT2D eigenvalue weighted by atomic mass is 32.2. The van der Waals surface area contributed by atoms with E-state index in [9.17, 15) is 21.6 Å². The Kier molecular flexibility index (Phi) is 7.07. The smallest absolute Gasteiger partial charge is 0.410 e. The highest BCUT2D eigenvalue weighted by Gasteiger charge is 2.55. The Morgan fingerprint density at radius 2 is 1.54 bits per heavy atom. The van der Waals surface area contributed by atoms with E-state index in [0.717, 1.165) is 18.1 Å². The highest BCUT2D eigenvalue weighted by molar-refractivity contribution is 7.86. The first-order valence-electron chi connectivity index (χ1n) is 8.56. The van der Waals surface area contributed by atoms with Crippen LogP contribution in [0.3, 0.4) is 0 Å². The summed E-state index contributed by atoms with van der Waals surface area (Å²) in [6.07, 6.45) is 2.31. The SMILES string of the molecule is CN(C(=O)OCc1ccccc1)C1(C(COS(C)(=O)=O)COS(C)(=O)=O)CC1. The number of rotatable bonds is 10. The third-order valence-corrected chi connectivity index (χ3v) is 5.76. The third kappa shape index (κ3) is 6.73. The minimum Gasteiger partial charge on any atom is -0.445 e. The number of carbonyl (C=O) groups excluding carboxylic acids is 1. The van der Waals surface area contributed by atoms with Crippen molar-refractivity contribution in [3.8, 4) is 0 Å². The Bertz CT molecular complexity index is 843. The van der Waals surface area contributed by atoms with Gasteiger partial charge < -0.3 is 9.64 Å². The maximum Gasteiger partial charge on any atom is 0.410 e. The van der Waals surface area contributed by atoms with E-state index in [1.54, 1.807) is 0 Å². The van der Waals surface area contributed by atoms with Crippen molar-refractivity contribution >= 4 is 26.3 Å². The maximum atomic E-state index is 12.5. The van der Waals surface area contributed by atoms with Crippen LogP contribution in [-0.4, -0.2) is 66.1 Å². The number of hydrogen-bond acceptors (Lipinski definition) is 8. The van der Waals surface area contributed by atoms with Gasteiger partial charge in [-0.3, -0.25) is 8.37 Å². The van der Waals surface area contributed by atoms with Gasteiger partial charge in [-0.2, -0.15) is 16.8 Å². The molecule has 0 saturated heterocycles. The fourth-order valence-corrected chi connectivity index (χ4v) is 3.74. The molecule has 0 unspecified atom stereocenters. The van der Waals surface area contributed by atoms with Crippen LogP contribution in [-0.2, 0) is 39.9 Å². The second-order valence-electron chi connectivity index (χ2n) is 6.88. The second kappa shape index (κ2) is 8.76. The Morgan fingerprint density at radius 1 is 1.04 bits per heavy atom. The van der Waals surface area contributed by atoms with Crippen LogP contribution in [0, 0.1) is 5.92 Å². The molecule has 1 aromatic rings. The van der Waals surface area contributed by atoms with Crippen molar-refractivity contribution in [3.05, 3.63) is 35.9 Å². The van der Waals surface area contributed by atoms with Gasteiger partial charge in [-0.15, -0.1) is 0 Å². The molecule has 1 fully saturated rings. The average molecular weight is 436 g/mol. The van der Waals surface area contributed by atoms with E-state index in [4.69, 9.17) is 13.1 Å². The lowest BCUT2D eigenvalue weighted by atomic mass is 9.98.